The second-order valence-corrected chi connectivity index (χ2v) is 9.63. The minimum atomic E-state index is -0.408. The molecule has 3 aromatic heterocycles. The number of fused-ring (bicyclic) bond motifs is 1. The molecule has 0 saturated carbocycles. The zero-order chi connectivity index (χ0) is 27.5. The van der Waals surface area contributed by atoms with Crippen LogP contribution in [0.5, 0.6) is 0 Å². The SMILES string of the molecule is C#CC(=O)NN1CCN(Cc2ccc(-n3c(-c4cccnc4N)nc4ccc(-c5ccccc5)nc43)cc2)CC1. The van der Waals surface area contributed by atoms with E-state index in [-0.39, 0.29) is 0 Å². The third-order valence-corrected chi connectivity index (χ3v) is 7.02. The van der Waals surface area contributed by atoms with Crippen molar-refractivity contribution in [2.45, 2.75) is 6.54 Å². The number of hydrogen-bond acceptors (Lipinski definition) is 7. The van der Waals surface area contributed by atoms with Gasteiger partial charge in [-0.05, 0) is 47.9 Å². The number of nitrogen functional groups attached to an aromatic ring is 1. The molecule has 4 heterocycles. The van der Waals surface area contributed by atoms with Gasteiger partial charge in [-0.25, -0.2) is 20.0 Å². The molecule has 0 aliphatic carbocycles. The van der Waals surface area contributed by atoms with Crippen LogP contribution in [0.4, 0.5) is 5.82 Å². The molecule has 0 spiro atoms. The first-order valence-electron chi connectivity index (χ1n) is 13.1. The fourth-order valence-corrected chi connectivity index (χ4v) is 4.96. The van der Waals surface area contributed by atoms with E-state index in [9.17, 15) is 4.79 Å². The molecule has 5 aromatic rings. The lowest BCUT2D eigenvalue weighted by atomic mass is 10.1. The van der Waals surface area contributed by atoms with Gasteiger partial charge in [-0.1, -0.05) is 42.5 Å². The number of terminal acetylenes is 1. The van der Waals surface area contributed by atoms with E-state index in [1.165, 1.54) is 5.56 Å². The third-order valence-electron chi connectivity index (χ3n) is 7.02. The number of nitrogens with two attached hydrogens (primary N) is 1. The van der Waals surface area contributed by atoms with E-state index >= 15 is 0 Å². The maximum absolute atomic E-state index is 11.5. The van der Waals surface area contributed by atoms with Crippen LogP contribution in [0.25, 0.3) is 39.5 Å². The highest BCUT2D eigenvalue weighted by molar-refractivity contribution is 5.92. The van der Waals surface area contributed by atoms with E-state index in [4.69, 9.17) is 22.1 Å². The fourth-order valence-electron chi connectivity index (χ4n) is 4.96. The topological polar surface area (TPSA) is 105 Å². The molecule has 3 N–H and O–H groups in total. The van der Waals surface area contributed by atoms with Crippen LogP contribution in [0.1, 0.15) is 5.56 Å². The quantitative estimate of drug-likeness (QED) is 0.325. The van der Waals surface area contributed by atoms with Crippen molar-refractivity contribution in [1.82, 2.24) is 34.9 Å². The number of hydrazine groups is 1. The van der Waals surface area contributed by atoms with Gasteiger partial charge in [0.05, 0.1) is 11.3 Å². The molecule has 2 aromatic carbocycles. The fraction of sp³-hybridized carbons (Fsp3) is 0.161. The Kier molecular flexibility index (Phi) is 6.93. The van der Waals surface area contributed by atoms with Crippen molar-refractivity contribution in [1.29, 1.82) is 0 Å². The first-order valence-corrected chi connectivity index (χ1v) is 13.1. The van der Waals surface area contributed by atoms with Gasteiger partial charge in [0, 0.05) is 50.2 Å². The molecule has 0 bridgehead atoms. The van der Waals surface area contributed by atoms with E-state index in [2.05, 4.69) is 45.5 Å². The molecule has 1 amide bonds. The molecular weight excluding hydrogens is 500 g/mol. The van der Waals surface area contributed by atoms with Gasteiger partial charge in [0.2, 0.25) is 0 Å². The Balaban J connectivity index is 1.31. The van der Waals surface area contributed by atoms with Gasteiger partial charge in [-0.2, -0.15) is 0 Å². The average Bonchev–Trinajstić information content (AvgIpc) is 3.37. The maximum atomic E-state index is 11.5. The highest BCUT2D eigenvalue weighted by Gasteiger charge is 2.20. The second kappa shape index (κ2) is 11.0. The predicted octanol–water partition coefficient (Wildman–Crippen LogP) is 3.51. The molecule has 1 saturated heterocycles. The number of rotatable bonds is 6. The number of nitrogens with one attached hydrogen (secondary N) is 1. The van der Waals surface area contributed by atoms with Gasteiger partial charge in [-0.3, -0.25) is 19.7 Å². The van der Waals surface area contributed by atoms with Crippen LogP contribution in [0, 0.1) is 12.3 Å². The van der Waals surface area contributed by atoms with Crippen molar-refractivity contribution in [2.75, 3.05) is 31.9 Å². The zero-order valence-electron chi connectivity index (χ0n) is 21.9. The van der Waals surface area contributed by atoms with E-state index in [0.29, 0.717) is 11.6 Å². The number of carbonyl (C=O) groups is 1. The summed E-state index contributed by atoms with van der Waals surface area (Å²) < 4.78 is 2.05. The molecule has 0 radical (unpaired) electrons. The van der Waals surface area contributed by atoms with Crippen molar-refractivity contribution in [2.24, 2.45) is 0 Å². The Bertz CT molecular complexity index is 1700. The lowest BCUT2D eigenvalue weighted by Gasteiger charge is -2.34. The number of amides is 1. The summed E-state index contributed by atoms with van der Waals surface area (Å²) in [7, 11) is 0. The molecule has 1 aliphatic rings. The molecule has 1 fully saturated rings. The molecule has 0 atom stereocenters. The molecular formula is C31H28N8O. The molecule has 9 nitrogen and oxygen atoms in total. The normalized spacial score (nSPS) is 14.2. The van der Waals surface area contributed by atoms with Gasteiger partial charge in [0.15, 0.2) is 11.5 Å². The van der Waals surface area contributed by atoms with Crippen LogP contribution >= 0.6 is 0 Å². The molecule has 198 valence electrons. The lowest BCUT2D eigenvalue weighted by Crippen LogP contribution is -2.53. The van der Waals surface area contributed by atoms with Gasteiger partial charge in [0.1, 0.15) is 11.3 Å². The number of anilines is 1. The summed E-state index contributed by atoms with van der Waals surface area (Å²) in [5.41, 5.74) is 15.3. The van der Waals surface area contributed by atoms with Gasteiger partial charge >= 0.3 is 5.91 Å². The highest BCUT2D eigenvalue weighted by Crippen LogP contribution is 2.31. The standard InChI is InChI=1S/C31H28N8O/c1-2-28(40)36-38-19-17-37(18-20-38)21-22-10-12-24(13-11-22)39-30(25-9-6-16-33-29(25)32)35-27-15-14-26(34-31(27)39)23-7-4-3-5-8-23/h1,3-16H,17-21H2,(H2,32,33)(H,36,40). The summed E-state index contributed by atoms with van der Waals surface area (Å²) in [5, 5.41) is 1.87. The van der Waals surface area contributed by atoms with Crippen molar-refractivity contribution < 1.29 is 4.79 Å². The third kappa shape index (κ3) is 5.14. The van der Waals surface area contributed by atoms with Crippen LogP contribution in [0.15, 0.2) is 85.1 Å². The summed E-state index contributed by atoms with van der Waals surface area (Å²) >= 11 is 0. The minimum absolute atomic E-state index is 0.408. The summed E-state index contributed by atoms with van der Waals surface area (Å²) in [6, 6.07) is 26.3. The Morgan fingerprint density at radius 3 is 2.42 bits per heavy atom. The average molecular weight is 529 g/mol. The number of aromatic nitrogens is 4. The minimum Gasteiger partial charge on any atom is -0.383 e. The summed E-state index contributed by atoms with van der Waals surface area (Å²) in [6.45, 7) is 3.90. The maximum Gasteiger partial charge on any atom is 0.309 e. The van der Waals surface area contributed by atoms with Gasteiger partial charge < -0.3 is 5.73 Å². The number of benzene rings is 2. The summed E-state index contributed by atoms with van der Waals surface area (Å²) in [5.74, 6) is 2.79. The Labute approximate surface area is 232 Å². The number of imidazole rings is 1. The Morgan fingerprint density at radius 1 is 0.925 bits per heavy atom. The first kappa shape index (κ1) is 25.2. The molecule has 40 heavy (non-hydrogen) atoms. The van der Waals surface area contributed by atoms with E-state index in [1.807, 2.05) is 64.2 Å². The van der Waals surface area contributed by atoms with Crippen LogP contribution in [-0.2, 0) is 11.3 Å². The van der Waals surface area contributed by atoms with Crippen molar-refractivity contribution in [3.8, 4) is 40.7 Å². The van der Waals surface area contributed by atoms with E-state index in [1.54, 1.807) is 6.20 Å². The number of carbonyl (C=O) groups excluding carboxylic acids is 1. The van der Waals surface area contributed by atoms with Crippen molar-refractivity contribution >= 4 is 22.9 Å². The summed E-state index contributed by atoms with van der Waals surface area (Å²) in [6.07, 6.45) is 6.84. The van der Waals surface area contributed by atoms with Crippen LogP contribution < -0.4 is 11.2 Å². The number of pyridine rings is 2. The van der Waals surface area contributed by atoms with Crippen LogP contribution in [-0.4, -0.2) is 61.5 Å². The molecule has 0 unspecified atom stereocenters. The largest absolute Gasteiger partial charge is 0.383 e. The Hall–Kier alpha value is -5.04. The van der Waals surface area contributed by atoms with E-state index in [0.717, 1.165) is 66.4 Å². The highest BCUT2D eigenvalue weighted by atomic mass is 16.2. The van der Waals surface area contributed by atoms with Gasteiger partial charge in [0.25, 0.3) is 0 Å². The smallest absolute Gasteiger partial charge is 0.309 e. The number of hydrogen-bond donors (Lipinski definition) is 2. The van der Waals surface area contributed by atoms with Crippen molar-refractivity contribution in [3.05, 3.63) is 90.6 Å². The van der Waals surface area contributed by atoms with Crippen LogP contribution in [0.3, 0.4) is 0 Å². The van der Waals surface area contributed by atoms with Crippen molar-refractivity contribution in [3.63, 3.8) is 0 Å². The second-order valence-electron chi connectivity index (χ2n) is 9.63. The van der Waals surface area contributed by atoms with Crippen LogP contribution in [0.2, 0.25) is 0 Å². The van der Waals surface area contributed by atoms with E-state index < -0.39 is 5.91 Å². The molecule has 9 heteroatoms. The van der Waals surface area contributed by atoms with Gasteiger partial charge in [-0.15, -0.1) is 6.42 Å². The predicted molar refractivity (Wildman–Crippen MR) is 156 cm³/mol. The number of nitrogens with zero attached hydrogens (tertiary/aromatic N) is 6. The first-order chi connectivity index (χ1) is 19.6. The molecule has 6 rings (SSSR count). The lowest BCUT2D eigenvalue weighted by molar-refractivity contribution is -0.121. The molecule has 1 aliphatic heterocycles. The Morgan fingerprint density at radius 2 is 1.70 bits per heavy atom. The zero-order valence-corrected chi connectivity index (χ0v) is 21.9. The summed E-state index contributed by atoms with van der Waals surface area (Å²) in [4.78, 5) is 28.1. The monoisotopic (exact) mass is 528 g/mol. The number of piperazine rings is 1.